The molecule has 0 spiro atoms. The number of hydrogen-bond donors (Lipinski definition) is 3. The molecule has 0 aliphatic carbocycles. The predicted molar refractivity (Wildman–Crippen MR) is 141 cm³/mol. The van der Waals surface area contributed by atoms with Gasteiger partial charge in [0.25, 0.3) is 20.0 Å². The van der Waals surface area contributed by atoms with Crippen LogP contribution >= 0.6 is 23.4 Å². The average molecular weight is 607 g/mol. The van der Waals surface area contributed by atoms with Crippen molar-refractivity contribution in [2.75, 3.05) is 0 Å². The zero-order valence-corrected chi connectivity index (χ0v) is 23.1. The molecule has 0 aliphatic rings. The summed E-state index contributed by atoms with van der Waals surface area (Å²) in [7, 11) is -8.58. The second-order valence-corrected chi connectivity index (χ2v) is 12.7. The molecule has 4 N–H and O–H groups in total. The van der Waals surface area contributed by atoms with E-state index in [4.69, 9.17) is 17.3 Å². The highest BCUT2D eigenvalue weighted by molar-refractivity contribution is 7.99. The van der Waals surface area contributed by atoms with Crippen LogP contribution in [0.15, 0.2) is 79.7 Å². The molecule has 0 bridgehead atoms. The Labute approximate surface area is 227 Å². The molecule has 0 atom stereocenters. The quantitative estimate of drug-likeness (QED) is 0.146. The van der Waals surface area contributed by atoms with Crippen molar-refractivity contribution in [1.29, 1.82) is 0 Å². The molecule has 0 saturated heterocycles. The largest absolute Gasteiger partial charge is 0.416 e. The zero-order valence-electron chi connectivity index (χ0n) is 19.9. The molecule has 15 heteroatoms. The maximum absolute atomic E-state index is 13.1. The number of nitrogens with zero attached hydrogens (tertiary/aromatic N) is 1. The van der Waals surface area contributed by atoms with Crippen LogP contribution in [0.3, 0.4) is 0 Å². The Morgan fingerprint density at radius 1 is 1.03 bits per heavy atom. The van der Waals surface area contributed by atoms with Crippen LogP contribution in [0.1, 0.15) is 22.3 Å². The number of rotatable bonds is 8. The van der Waals surface area contributed by atoms with Crippen molar-refractivity contribution < 1.29 is 30.0 Å². The summed E-state index contributed by atoms with van der Waals surface area (Å²) >= 11 is 7.11. The highest BCUT2D eigenvalue weighted by Crippen LogP contribution is 2.36. The van der Waals surface area contributed by atoms with E-state index < -0.39 is 37.7 Å². The first-order valence-electron chi connectivity index (χ1n) is 10.6. The fourth-order valence-corrected chi connectivity index (χ4v) is 6.57. The summed E-state index contributed by atoms with van der Waals surface area (Å²) in [4.78, 5) is 1.68. The van der Waals surface area contributed by atoms with Crippen LogP contribution in [-0.2, 0) is 32.0 Å². The van der Waals surface area contributed by atoms with Crippen LogP contribution in [0.5, 0.6) is 0 Å². The van der Waals surface area contributed by atoms with Crippen molar-refractivity contribution in [2.24, 2.45) is 10.1 Å². The number of nitrogens with two attached hydrogens (primary N) is 1. The Morgan fingerprint density at radius 3 is 2.32 bits per heavy atom. The lowest BCUT2D eigenvalue weighted by atomic mass is 10.1. The van der Waals surface area contributed by atoms with E-state index in [1.165, 1.54) is 36.4 Å². The molecule has 204 valence electrons. The normalized spacial score (nSPS) is 12.9. The highest BCUT2D eigenvalue weighted by atomic mass is 35.5. The summed E-state index contributed by atoms with van der Waals surface area (Å²) in [5.41, 5.74) is 8.41. The van der Waals surface area contributed by atoms with E-state index in [0.717, 1.165) is 29.5 Å². The fraction of sp³-hybridized carbons (Fsp3) is 0.174. The van der Waals surface area contributed by atoms with Crippen molar-refractivity contribution in [2.45, 2.75) is 40.5 Å². The number of alkyl halides is 3. The molecule has 0 amide bonds. The third-order valence-electron chi connectivity index (χ3n) is 5.01. The van der Waals surface area contributed by atoms with Crippen molar-refractivity contribution in [3.05, 3.63) is 87.9 Å². The molecule has 0 aromatic heterocycles. The molecule has 0 fully saturated rings. The van der Waals surface area contributed by atoms with Gasteiger partial charge in [-0.2, -0.15) is 21.6 Å². The molecule has 3 rings (SSSR count). The summed E-state index contributed by atoms with van der Waals surface area (Å²) < 4.78 is 93.5. The van der Waals surface area contributed by atoms with Crippen LogP contribution in [0, 0.1) is 13.8 Å². The van der Waals surface area contributed by atoms with Crippen LogP contribution < -0.4 is 16.0 Å². The van der Waals surface area contributed by atoms with Gasteiger partial charge in [-0.3, -0.25) is 5.43 Å². The van der Waals surface area contributed by atoms with Crippen LogP contribution in [0.25, 0.3) is 0 Å². The van der Waals surface area contributed by atoms with Gasteiger partial charge in [-0.15, -0.1) is 21.0 Å². The number of hydrazine groups is 1. The number of nitrogens with one attached hydrogen (secondary N) is 2. The number of aryl methyl sites for hydroxylation is 2. The van der Waals surface area contributed by atoms with E-state index in [1.807, 2.05) is 4.83 Å². The molecular formula is C23H22ClF3N4O4S3. The SMILES string of the molecule is Cc1ccc(S(=O)(=O)NNC(N)=NS(=O)(=O)c2cc(C)c(Cl)cc2SCc2cccc(C(F)(F)F)c2)cc1. The molecule has 0 radical (unpaired) electrons. The van der Waals surface area contributed by atoms with E-state index in [1.54, 1.807) is 26.0 Å². The summed E-state index contributed by atoms with van der Waals surface area (Å²) in [6.45, 7) is 3.34. The molecule has 0 unspecified atom stereocenters. The fourth-order valence-electron chi connectivity index (χ4n) is 3.05. The first-order valence-corrected chi connectivity index (χ1v) is 14.9. The Kier molecular flexibility index (Phi) is 9.04. The second-order valence-electron chi connectivity index (χ2n) is 8.03. The maximum Gasteiger partial charge on any atom is 0.416 e. The minimum absolute atomic E-state index is 0.000372. The second kappa shape index (κ2) is 11.5. The third-order valence-corrected chi connectivity index (χ3v) is 9.27. The Balaban J connectivity index is 1.84. The summed E-state index contributed by atoms with van der Waals surface area (Å²) in [6, 6.07) is 13.1. The van der Waals surface area contributed by atoms with E-state index >= 15 is 0 Å². The van der Waals surface area contributed by atoms with Crippen molar-refractivity contribution in [3.63, 3.8) is 0 Å². The lowest BCUT2D eigenvalue weighted by Gasteiger charge is -2.13. The van der Waals surface area contributed by atoms with E-state index in [2.05, 4.69) is 9.82 Å². The van der Waals surface area contributed by atoms with Crippen molar-refractivity contribution in [3.8, 4) is 0 Å². The van der Waals surface area contributed by atoms with Gasteiger partial charge in [-0.1, -0.05) is 47.5 Å². The predicted octanol–water partition coefficient (Wildman–Crippen LogP) is 4.75. The minimum atomic E-state index is -4.53. The van der Waals surface area contributed by atoms with Gasteiger partial charge in [0.15, 0.2) is 0 Å². The van der Waals surface area contributed by atoms with E-state index in [-0.39, 0.29) is 25.5 Å². The van der Waals surface area contributed by atoms with E-state index in [0.29, 0.717) is 11.1 Å². The molecule has 0 aliphatic heterocycles. The Morgan fingerprint density at radius 2 is 1.68 bits per heavy atom. The van der Waals surface area contributed by atoms with Gasteiger partial charge in [0.2, 0.25) is 5.96 Å². The molecule has 38 heavy (non-hydrogen) atoms. The number of sulfonamides is 2. The summed E-state index contributed by atoms with van der Waals surface area (Å²) in [5.74, 6) is -0.762. The Hall–Kier alpha value is -2.78. The van der Waals surface area contributed by atoms with Gasteiger partial charge < -0.3 is 5.73 Å². The lowest BCUT2D eigenvalue weighted by molar-refractivity contribution is -0.137. The number of guanidine groups is 1. The molecule has 0 saturated carbocycles. The van der Waals surface area contributed by atoms with Crippen LogP contribution in [0.2, 0.25) is 5.02 Å². The highest BCUT2D eigenvalue weighted by Gasteiger charge is 2.30. The van der Waals surface area contributed by atoms with Gasteiger partial charge in [0.05, 0.1) is 10.5 Å². The molecule has 8 nitrogen and oxygen atoms in total. The first-order chi connectivity index (χ1) is 17.6. The van der Waals surface area contributed by atoms with Crippen molar-refractivity contribution >= 4 is 49.4 Å². The van der Waals surface area contributed by atoms with Crippen molar-refractivity contribution in [1.82, 2.24) is 10.3 Å². The summed E-state index contributed by atoms with van der Waals surface area (Å²) in [5, 5.41) is 0.233. The number of benzene rings is 3. The minimum Gasteiger partial charge on any atom is -0.368 e. The smallest absolute Gasteiger partial charge is 0.368 e. The number of halogens is 4. The number of thioether (sulfide) groups is 1. The molecular weight excluding hydrogens is 585 g/mol. The maximum atomic E-state index is 13.1. The topological polar surface area (TPSA) is 131 Å². The van der Waals surface area contributed by atoms with E-state index in [9.17, 15) is 30.0 Å². The van der Waals surface area contributed by atoms with Gasteiger partial charge in [-0.25, -0.2) is 8.42 Å². The average Bonchev–Trinajstić information content (AvgIpc) is 2.83. The van der Waals surface area contributed by atoms with Gasteiger partial charge in [-0.05, 0) is 55.3 Å². The number of hydrogen-bond acceptors (Lipinski definition) is 5. The third kappa shape index (κ3) is 7.63. The molecule has 0 heterocycles. The Bertz CT molecular complexity index is 1580. The molecule has 3 aromatic carbocycles. The van der Waals surface area contributed by atoms with Gasteiger partial charge in [0.1, 0.15) is 4.90 Å². The zero-order chi connectivity index (χ0) is 28.3. The monoisotopic (exact) mass is 606 g/mol. The standard InChI is InChI=1S/C23H22ClF3N4O4S3/c1-14-6-8-18(9-7-14)37(32,33)31-29-22(28)30-38(34,35)21-10-15(2)19(24)12-20(21)36-13-16-4-3-5-17(11-16)23(25,26)27/h3-12,31H,13H2,1-2H3,(H3,28,29,30). The first kappa shape index (κ1) is 29.8. The summed E-state index contributed by atoms with van der Waals surface area (Å²) in [6.07, 6.45) is -4.53. The van der Waals surface area contributed by atoms with Crippen LogP contribution in [0.4, 0.5) is 13.2 Å². The van der Waals surface area contributed by atoms with Gasteiger partial charge >= 0.3 is 6.18 Å². The molecule has 3 aromatic rings. The van der Waals surface area contributed by atoms with Crippen LogP contribution in [-0.4, -0.2) is 22.8 Å². The lowest BCUT2D eigenvalue weighted by Crippen LogP contribution is -2.45. The van der Waals surface area contributed by atoms with Gasteiger partial charge in [0, 0.05) is 15.7 Å².